The zero-order valence-corrected chi connectivity index (χ0v) is 20.7. The predicted molar refractivity (Wildman–Crippen MR) is 140 cm³/mol. The minimum Gasteiger partial charge on any atom is -0.356 e. The van der Waals surface area contributed by atoms with E-state index in [0.717, 1.165) is 49.1 Å². The Morgan fingerprint density at radius 3 is 2.59 bits per heavy atom. The van der Waals surface area contributed by atoms with Crippen molar-refractivity contribution in [3.05, 3.63) is 99.8 Å². The number of halogens is 1. The Morgan fingerprint density at radius 2 is 1.76 bits per heavy atom. The quantitative estimate of drug-likeness (QED) is 0.270. The van der Waals surface area contributed by atoms with Gasteiger partial charge in [0.2, 0.25) is 5.91 Å². The van der Waals surface area contributed by atoms with Gasteiger partial charge >= 0.3 is 0 Å². The highest BCUT2D eigenvalue weighted by molar-refractivity contribution is 6.30. The van der Waals surface area contributed by atoms with Gasteiger partial charge in [-0.2, -0.15) is 0 Å². The van der Waals surface area contributed by atoms with Crippen molar-refractivity contribution >= 4 is 28.5 Å². The maximum Gasteiger partial charge on any atom is 0.224 e. The van der Waals surface area contributed by atoms with Crippen molar-refractivity contribution in [1.29, 1.82) is 0 Å². The molecule has 0 aliphatic heterocycles. The number of imidazole rings is 1. The second kappa shape index (κ2) is 11.3. The van der Waals surface area contributed by atoms with Crippen molar-refractivity contribution in [3.63, 3.8) is 0 Å². The molecule has 0 unspecified atom stereocenters. The number of fused-ring (bicyclic) bond motifs is 1. The number of unbranched alkanes of at least 4 members (excludes halogenated alkanes) is 2. The van der Waals surface area contributed by atoms with E-state index in [1.807, 2.05) is 30.3 Å². The fraction of sp³-hybridized carbons (Fsp3) is 0.310. The highest BCUT2D eigenvalue weighted by Gasteiger charge is 2.12. The van der Waals surface area contributed by atoms with Crippen molar-refractivity contribution in [3.8, 4) is 0 Å². The lowest BCUT2D eigenvalue weighted by atomic mass is 10.1. The van der Waals surface area contributed by atoms with Gasteiger partial charge in [-0.05, 0) is 67.6 Å². The molecule has 34 heavy (non-hydrogen) atoms. The standard InChI is InChI=1S/C29H32ClN3O/c1-21-11-12-22(2)24(18-21)20-33-27-9-6-5-8-26(27)32-28(33)10-4-3-7-17-31-29(34)19-23-13-15-25(30)16-14-23/h5-6,8-9,11-16,18H,3-4,7,10,17,19-20H2,1-2H3,(H,31,34). The minimum atomic E-state index is 0.0534. The fourth-order valence-corrected chi connectivity index (χ4v) is 4.42. The number of hydrogen-bond acceptors (Lipinski definition) is 2. The SMILES string of the molecule is Cc1ccc(C)c(Cn2c(CCCCCNC(=O)Cc3ccc(Cl)cc3)nc3ccccc32)c1. The molecule has 4 nitrogen and oxygen atoms in total. The number of carbonyl (C=O) groups is 1. The predicted octanol–water partition coefficient (Wildman–Crippen LogP) is 6.43. The summed E-state index contributed by atoms with van der Waals surface area (Å²) in [5.74, 6) is 1.19. The Morgan fingerprint density at radius 1 is 0.971 bits per heavy atom. The zero-order valence-electron chi connectivity index (χ0n) is 20.0. The molecule has 3 aromatic carbocycles. The Balaban J connectivity index is 1.30. The zero-order chi connectivity index (χ0) is 23.9. The van der Waals surface area contributed by atoms with Gasteiger partial charge < -0.3 is 9.88 Å². The molecule has 4 aromatic rings. The maximum absolute atomic E-state index is 12.2. The largest absolute Gasteiger partial charge is 0.356 e. The van der Waals surface area contributed by atoms with Gasteiger partial charge in [-0.15, -0.1) is 0 Å². The molecule has 1 amide bonds. The second-order valence-electron chi connectivity index (χ2n) is 9.00. The lowest BCUT2D eigenvalue weighted by Gasteiger charge is -2.12. The van der Waals surface area contributed by atoms with Crippen LogP contribution in [0.2, 0.25) is 5.02 Å². The number of amides is 1. The van der Waals surface area contributed by atoms with Crippen LogP contribution in [0.4, 0.5) is 0 Å². The average Bonchev–Trinajstić information content (AvgIpc) is 3.17. The molecule has 0 saturated heterocycles. The smallest absolute Gasteiger partial charge is 0.224 e. The molecule has 0 bridgehead atoms. The minimum absolute atomic E-state index is 0.0534. The first kappa shape index (κ1) is 24.0. The van der Waals surface area contributed by atoms with E-state index in [2.05, 4.69) is 60.1 Å². The van der Waals surface area contributed by atoms with E-state index in [1.165, 1.54) is 22.2 Å². The van der Waals surface area contributed by atoms with Crippen LogP contribution in [0.5, 0.6) is 0 Å². The molecule has 0 spiro atoms. The van der Waals surface area contributed by atoms with E-state index in [0.29, 0.717) is 18.0 Å². The summed E-state index contributed by atoms with van der Waals surface area (Å²) in [6.07, 6.45) is 4.37. The number of para-hydroxylation sites is 2. The van der Waals surface area contributed by atoms with Crippen LogP contribution < -0.4 is 5.32 Å². The molecule has 1 aromatic heterocycles. The van der Waals surface area contributed by atoms with E-state index in [9.17, 15) is 4.79 Å². The van der Waals surface area contributed by atoms with Crippen molar-refractivity contribution in [2.45, 2.75) is 52.5 Å². The first-order chi connectivity index (χ1) is 16.5. The summed E-state index contributed by atoms with van der Waals surface area (Å²) in [6.45, 7) is 5.86. The summed E-state index contributed by atoms with van der Waals surface area (Å²) in [7, 11) is 0. The number of rotatable bonds is 10. The first-order valence-corrected chi connectivity index (χ1v) is 12.4. The van der Waals surface area contributed by atoms with Gasteiger partial charge in [-0.1, -0.05) is 66.0 Å². The fourth-order valence-electron chi connectivity index (χ4n) is 4.30. The van der Waals surface area contributed by atoms with Crippen LogP contribution in [0.25, 0.3) is 11.0 Å². The lowest BCUT2D eigenvalue weighted by molar-refractivity contribution is -0.120. The third-order valence-electron chi connectivity index (χ3n) is 6.24. The van der Waals surface area contributed by atoms with Gasteiger partial charge in [-0.25, -0.2) is 4.98 Å². The Kier molecular flexibility index (Phi) is 8.02. The monoisotopic (exact) mass is 473 g/mol. The lowest BCUT2D eigenvalue weighted by Crippen LogP contribution is -2.26. The normalized spacial score (nSPS) is 11.1. The molecule has 1 N–H and O–H groups in total. The summed E-state index contributed by atoms with van der Waals surface area (Å²) in [4.78, 5) is 17.1. The Hall–Kier alpha value is -3.11. The number of hydrogen-bond donors (Lipinski definition) is 1. The highest BCUT2D eigenvalue weighted by Crippen LogP contribution is 2.21. The van der Waals surface area contributed by atoms with Crippen LogP contribution in [0, 0.1) is 13.8 Å². The molecule has 176 valence electrons. The number of nitrogens with zero attached hydrogens (tertiary/aromatic N) is 2. The molecule has 0 aliphatic carbocycles. The highest BCUT2D eigenvalue weighted by atomic mass is 35.5. The molecular weight excluding hydrogens is 442 g/mol. The van der Waals surface area contributed by atoms with Crippen molar-refractivity contribution in [1.82, 2.24) is 14.9 Å². The van der Waals surface area contributed by atoms with Gasteiger partial charge in [0.05, 0.1) is 17.5 Å². The summed E-state index contributed by atoms with van der Waals surface area (Å²) >= 11 is 5.90. The molecule has 1 heterocycles. The molecule has 0 aliphatic rings. The molecule has 4 rings (SSSR count). The third kappa shape index (κ3) is 6.27. The summed E-state index contributed by atoms with van der Waals surface area (Å²) in [5.41, 5.74) is 7.15. The van der Waals surface area contributed by atoms with E-state index in [4.69, 9.17) is 16.6 Å². The third-order valence-corrected chi connectivity index (χ3v) is 6.50. The van der Waals surface area contributed by atoms with Gasteiger partial charge in [0.1, 0.15) is 5.82 Å². The van der Waals surface area contributed by atoms with Crippen LogP contribution in [-0.4, -0.2) is 22.0 Å². The van der Waals surface area contributed by atoms with Gasteiger partial charge in [0.15, 0.2) is 0 Å². The molecule has 0 fully saturated rings. The van der Waals surface area contributed by atoms with Gasteiger partial charge in [0.25, 0.3) is 0 Å². The summed E-state index contributed by atoms with van der Waals surface area (Å²) in [6, 6.07) is 22.5. The summed E-state index contributed by atoms with van der Waals surface area (Å²) < 4.78 is 2.37. The van der Waals surface area contributed by atoms with E-state index in [1.54, 1.807) is 0 Å². The second-order valence-corrected chi connectivity index (χ2v) is 9.43. The van der Waals surface area contributed by atoms with Crippen LogP contribution in [-0.2, 0) is 24.2 Å². The maximum atomic E-state index is 12.2. The average molecular weight is 474 g/mol. The van der Waals surface area contributed by atoms with E-state index in [-0.39, 0.29) is 5.91 Å². The van der Waals surface area contributed by atoms with Crippen molar-refractivity contribution in [2.75, 3.05) is 6.54 Å². The summed E-state index contributed by atoms with van der Waals surface area (Å²) in [5, 5.41) is 3.72. The number of aromatic nitrogens is 2. The molecule has 0 atom stereocenters. The van der Waals surface area contributed by atoms with Crippen LogP contribution in [0.1, 0.15) is 47.3 Å². The van der Waals surface area contributed by atoms with E-state index < -0.39 is 0 Å². The topological polar surface area (TPSA) is 46.9 Å². The number of aryl methyl sites for hydroxylation is 3. The van der Waals surface area contributed by atoms with Crippen LogP contribution >= 0.6 is 11.6 Å². The van der Waals surface area contributed by atoms with Gasteiger partial charge in [0, 0.05) is 24.5 Å². The van der Waals surface area contributed by atoms with Gasteiger partial charge in [-0.3, -0.25) is 4.79 Å². The Bertz CT molecular complexity index is 1260. The number of benzene rings is 3. The van der Waals surface area contributed by atoms with Crippen LogP contribution in [0.3, 0.4) is 0 Å². The van der Waals surface area contributed by atoms with Crippen molar-refractivity contribution in [2.24, 2.45) is 0 Å². The number of nitrogens with one attached hydrogen (secondary N) is 1. The Labute approximate surface area is 207 Å². The number of carbonyl (C=O) groups excluding carboxylic acids is 1. The molecule has 0 radical (unpaired) electrons. The molecule has 5 heteroatoms. The molecular formula is C29H32ClN3O. The first-order valence-electron chi connectivity index (χ1n) is 12.0. The molecule has 0 saturated carbocycles. The van der Waals surface area contributed by atoms with Crippen molar-refractivity contribution < 1.29 is 4.79 Å². The van der Waals surface area contributed by atoms with E-state index >= 15 is 0 Å². The van der Waals surface area contributed by atoms with Crippen LogP contribution in [0.15, 0.2) is 66.7 Å².